The van der Waals surface area contributed by atoms with Crippen molar-refractivity contribution in [3.63, 3.8) is 0 Å². The second-order valence-electron chi connectivity index (χ2n) is 2.20. The second kappa shape index (κ2) is 4.15. The molecule has 0 saturated heterocycles. The Balaban J connectivity index is 0.000000720. The van der Waals surface area contributed by atoms with Crippen molar-refractivity contribution in [2.24, 2.45) is 0 Å². The third-order valence-electron chi connectivity index (χ3n) is 1.44. The fourth-order valence-corrected chi connectivity index (χ4v) is 0.938. The van der Waals surface area contributed by atoms with Crippen LogP contribution in [0.2, 0.25) is 0 Å². The summed E-state index contributed by atoms with van der Waals surface area (Å²) < 4.78 is 1.78. The molecule has 2 aromatic rings. The van der Waals surface area contributed by atoms with Crippen molar-refractivity contribution in [3.05, 3.63) is 48.8 Å². The molecule has 0 N–H and O–H groups in total. The fraction of sp³-hybridized carbons (Fsp3) is 0. The van der Waals surface area contributed by atoms with Crippen LogP contribution in [0.25, 0.3) is 5.69 Å². The summed E-state index contributed by atoms with van der Waals surface area (Å²) in [6.07, 6.45) is 3.65. The summed E-state index contributed by atoms with van der Waals surface area (Å²) in [6.45, 7) is 0. The monoisotopic (exact) mass is 150 g/mol. The van der Waals surface area contributed by atoms with Gasteiger partial charge < -0.3 is 0 Å². The van der Waals surface area contributed by atoms with Gasteiger partial charge in [-0.25, -0.2) is 0 Å². The number of aromatic nitrogens is 2. The van der Waals surface area contributed by atoms with Gasteiger partial charge in [0.1, 0.15) is 0 Å². The molecule has 12 heavy (non-hydrogen) atoms. The van der Waals surface area contributed by atoms with Gasteiger partial charge in [0.15, 0.2) is 0 Å². The van der Waals surface area contributed by atoms with Crippen molar-refractivity contribution in [1.82, 2.24) is 9.78 Å². The maximum atomic E-state index is 4.07. The molecule has 2 rings (SSSR count). The van der Waals surface area contributed by atoms with Crippen molar-refractivity contribution < 1.29 is 18.9 Å². The van der Waals surface area contributed by atoms with Gasteiger partial charge in [0.05, 0.1) is 0 Å². The van der Waals surface area contributed by atoms with Gasteiger partial charge in [-0.15, -0.1) is 6.07 Å². The van der Waals surface area contributed by atoms with Crippen LogP contribution < -0.4 is 18.9 Å². The molecule has 0 amide bonds. The van der Waals surface area contributed by atoms with Crippen LogP contribution in [-0.4, -0.2) is 9.78 Å². The Morgan fingerprint density at radius 1 is 1.25 bits per heavy atom. The van der Waals surface area contributed by atoms with E-state index in [1.165, 1.54) is 0 Å². The molecule has 54 valence electrons. The number of para-hydroxylation sites is 1. The first kappa shape index (κ1) is 9.12. The van der Waals surface area contributed by atoms with Gasteiger partial charge in [-0.1, -0.05) is 0 Å². The molecule has 0 aliphatic carbocycles. The van der Waals surface area contributed by atoms with Crippen molar-refractivity contribution in [2.45, 2.75) is 0 Å². The molecular formula is C9H7LiN2. The van der Waals surface area contributed by atoms with Crippen LogP contribution in [0.4, 0.5) is 0 Å². The van der Waals surface area contributed by atoms with E-state index in [4.69, 9.17) is 0 Å². The maximum absolute atomic E-state index is 4.07. The van der Waals surface area contributed by atoms with E-state index in [0.29, 0.717) is 0 Å². The number of hydrogen-bond acceptors (Lipinski definition) is 1. The fourth-order valence-electron chi connectivity index (χ4n) is 0.938. The predicted octanol–water partition coefficient (Wildman–Crippen LogP) is -1.32. The molecule has 1 aromatic carbocycles. The van der Waals surface area contributed by atoms with E-state index in [2.05, 4.69) is 11.2 Å². The van der Waals surface area contributed by atoms with E-state index in [1.807, 2.05) is 36.5 Å². The van der Waals surface area contributed by atoms with Crippen molar-refractivity contribution >= 4 is 0 Å². The Morgan fingerprint density at radius 2 is 2.17 bits per heavy atom. The number of nitrogens with zero attached hydrogens (tertiary/aromatic N) is 2. The summed E-state index contributed by atoms with van der Waals surface area (Å²) in [7, 11) is 0. The SMILES string of the molecule is [Li+].[c-]1ccccc1-n1cccn1. The van der Waals surface area contributed by atoms with Gasteiger partial charge in [0.25, 0.3) is 0 Å². The first-order valence-electron chi connectivity index (χ1n) is 3.43. The van der Waals surface area contributed by atoms with E-state index in [-0.39, 0.29) is 18.9 Å². The molecule has 1 aromatic heterocycles. The molecule has 1 heterocycles. The zero-order valence-corrected chi connectivity index (χ0v) is 6.94. The summed E-state index contributed by atoms with van der Waals surface area (Å²) in [6, 6.07) is 12.7. The summed E-state index contributed by atoms with van der Waals surface area (Å²) in [5.74, 6) is 0. The predicted molar refractivity (Wildman–Crippen MR) is 42.4 cm³/mol. The van der Waals surface area contributed by atoms with Crippen LogP contribution in [0.1, 0.15) is 0 Å². The molecule has 0 atom stereocenters. The van der Waals surface area contributed by atoms with Gasteiger partial charge in [0, 0.05) is 12.4 Å². The molecular weight excluding hydrogens is 143 g/mol. The summed E-state index contributed by atoms with van der Waals surface area (Å²) in [5.41, 5.74) is 0.970. The minimum atomic E-state index is 0. The van der Waals surface area contributed by atoms with Gasteiger partial charge in [0.2, 0.25) is 0 Å². The van der Waals surface area contributed by atoms with Gasteiger partial charge in [-0.2, -0.15) is 29.4 Å². The van der Waals surface area contributed by atoms with E-state index in [1.54, 1.807) is 10.9 Å². The van der Waals surface area contributed by atoms with Crippen LogP contribution in [0.15, 0.2) is 42.7 Å². The Bertz CT molecular complexity index is 316. The molecule has 0 aliphatic rings. The second-order valence-corrected chi connectivity index (χ2v) is 2.20. The maximum Gasteiger partial charge on any atom is 1.00 e. The van der Waals surface area contributed by atoms with Gasteiger partial charge >= 0.3 is 18.9 Å². The van der Waals surface area contributed by atoms with E-state index in [0.717, 1.165) is 5.69 Å². The molecule has 3 heteroatoms. The average molecular weight is 150 g/mol. The van der Waals surface area contributed by atoms with Crippen molar-refractivity contribution in [2.75, 3.05) is 0 Å². The van der Waals surface area contributed by atoms with Crippen LogP contribution in [0.5, 0.6) is 0 Å². The molecule has 0 spiro atoms. The minimum absolute atomic E-state index is 0. The first-order valence-corrected chi connectivity index (χ1v) is 3.43. The molecule has 0 unspecified atom stereocenters. The smallest absolute Gasteiger partial charge is 0.266 e. The molecule has 2 nitrogen and oxygen atoms in total. The summed E-state index contributed by atoms with van der Waals surface area (Å²) in [5, 5.41) is 4.07. The number of rotatable bonds is 1. The Hall–Kier alpha value is -0.973. The van der Waals surface area contributed by atoms with E-state index in [9.17, 15) is 0 Å². The summed E-state index contributed by atoms with van der Waals surface area (Å²) in [4.78, 5) is 0. The molecule has 0 bridgehead atoms. The van der Waals surface area contributed by atoms with E-state index < -0.39 is 0 Å². The van der Waals surface area contributed by atoms with Gasteiger partial charge in [-0.05, 0) is 11.8 Å². The quantitative estimate of drug-likeness (QED) is 0.364. The average Bonchev–Trinajstić information content (AvgIpc) is 2.58. The van der Waals surface area contributed by atoms with Crippen molar-refractivity contribution in [3.8, 4) is 5.69 Å². The first-order chi connectivity index (χ1) is 5.47. The standard InChI is InChI=1S/C9H7N2.Li/c1-2-5-9(6-3-1)11-8-4-7-10-11;/h1-5,7-8H;/q-1;+1. The Labute approximate surface area is 83.4 Å². The largest absolute Gasteiger partial charge is 1.00 e. The zero-order valence-electron chi connectivity index (χ0n) is 6.94. The number of hydrogen-bond donors (Lipinski definition) is 0. The van der Waals surface area contributed by atoms with Crippen LogP contribution in [0, 0.1) is 6.07 Å². The zero-order chi connectivity index (χ0) is 7.52. The Morgan fingerprint density at radius 3 is 2.75 bits per heavy atom. The number of benzene rings is 1. The molecule has 0 fully saturated rings. The topological polar surface area (TPSA) is 17.8 Å². The van der Waals surface area contributed by atoms with E-state index >= 15 is 0 Å². The van der Waals surface area contributed by atoms with Gasteiger partial charge in [-0.3, -0.25) is 4.68 Å². The Kier molecular flexibility index (Phi) is 3.16. The molecule has 0 aliphatic heterocycles. The van der Waals surface area contributed by atoms with Crippen molar-refractivity contribution in [1.29, 1.82) is 0 Å². The van der Waals surface area contributed by atoms with Crippen LogP contribution >= 0.6 is 0 Å². The summed E-state index contributed by atoms with van der Waals surface area (Å²) >= 11 is 0. The normalized spacial score (nSPS) is 9.00. The molecule has 0 radical (unpaired) electrons. The third kappa shape index (κ3) is 1.79. The van der Waals surface area contributed by atoms with Crippen LogP contribution in [-0.2, 0) is 0 Å². The van der Waals surface area contributed by atoms with Crippen LogP contribution in [0.3, 0.4) is 0 Å². The third-order valence-corrected chi connectivity index (χ3v) is 1.44. The molecule has 0 saturated carbocycles. The minimum Gasteiger partial charge on any atom is -0.266 e.